The van der Waals surface area contributed by atoms with Gasteiger partial charge in [-0.05, 0) is 24.1 Å². The lowest BCUT2D eigenvalue weighted by Crippen LogP contribution is -2.19. The molecule has 0 saturated heterocycles. The predicted octanol–water partition coefficient (Wildman–Crippen LogP) is 2.38. The minimum Gasteiger partial charge on any atom is -0.465 e. The molecule has 19 heavy (non-hydrogen) atoms. The third kappa shape index (κ3) is 6.36. The standard InChI is InChI=1S/C15H23NO3/c1-3-4-10-19-11-9-16-12-13-5-7-14(8-6-13)15(17)18-2/h5-8,16H,3-4,9-12H2,1-2H3. The lowest BCUT2D eigenvalue weighted by molar-refractivity contribution is 0.0600. The number of nitrogens with one attached hydrogen (secondary N) is 1. The molecule has 106 valence electrons. The Hall–Kier alpha value is -1.39. The molecule has 0 atom stereocenters. The molecule has 1 aromatic rings. The fraction of sp³-hybridized carbons (Fsp3) is 0.533. The number of carbonyl (C=O) groups is 1. The summed E-state index contributed by atoms with van der Waals surface area (Å²) < 4.78 is 10.1. The molecular weight excluding hydrogens is 242 g/mol. The molecule has 4 nitrogen and oxygen atoms in total. The minimum absolute atomic E-state index is 0.302. The number of carbonyl (C=O) groups excluding carboxylic acids is 1. The maximum Gasteiger partial charge on any atom is 0.337 e. The second-order valence-electron chi connectivity index (χ2n) is 4.33. The summed E-state index contributed by atoms with van der Waals surface area (Å²) in [7, 11) is 1.39. The van der Waals surface area contributed by atoms with Crippen LogP contribution in [0.3, 0.4) is 0 Å². The van der Waals surface area contributed by atoms with Gasteiger partial charge in [-0.15, -0.1) is 0 Å². The summed E-state index contributed by atoms with van der Waals surface area (Å²) in [6.07, 6.45) is 2.29. The van der Waals surface area contributed by atoms with Crippen LogP contribution in [0.25, 0.3) is 0 Å². The fourth-order valence-electron chi connectivity index (χ4n) is 1.60. The van der Waals surface area contributed by atoms with E-state index in [1.165, 1.54) is 13.5 Å². The molecule has 0 saturated carbocycles. The molecule has 0 fully saturated rings. The number of benzene rings is 1. The molecule has 0 unspecified atom stereocenters. The number of ether oxygens (including phenoxy) is 2. The molecule has 0 radical (unpaired) electrons. The van der Waals surface area contributed by atoms with Crippen molar-refractivity contribution in [3.05, 3.63) is 35.4 Å². The van der Waals surface area contributed by atoms with Gasteiger partial charge in [-0.2, -0.15) is 0 Å². The molecule has 1 aromatic carbocycles. The molecule has 0 aliphatic heterocycles. The Morgan fingerprint density at radius 2 is 1.95 bits per heavy atom. The van der Waals surface area contributed by atoms with E-state index < -0.39 is 0 Å². The molecule has 0 aromatic heterocycles. The van der Waals surface area contributed by atoms with Crippen molar-refractivity contribution in [3.63, 3.8) is 0 Å². The van der Waals surface area contributed by atoms with Crippen molar-refractivity contribution in [1.29, 1.82) is 0 Å². The first-order chi connectivity index (χ1) is 9.27. The summed E-state index contributed by atoms with van der Waals surface area (Å²) in [5.74, 6) is -0.302. The van der Waals surface area contributed by atoms with Crippen LogP contribution >= 0.6 is 0 Å². The van der Waals surface area contributed by atoms with Gasteiger partial charge in [0.2, 0.25) is 0 Å². The van der Waals surface area contributed by atoms with Crippen LogP contribution in [0.5, 0.6) is 0 Å². The SMILES string of the molecule is CCCCOCCNCc1ccc(C(=O)OC)cc1. The highest BCUT2D eigenvalue weighted by atomic mass is 16.5. The van der Waals surface area contributed by atoms with E-state index in [4.69, 9.17) is 4.74 Å². The highest BCUT2D eigenvalue weighted by molar-refractivity contribution is 5.89. The van der Waals surface area contributed by atoms with Crippen molar-refractivity contribution >= 4 is 5.97 Å². The summed E-state index contributed by atoms with van der Waals surface area (Å²) >= 11 is 0. The number of unbranched alkanes of at least 4 members (excludes halogenated alkanes) is 1. The zero-order valence-electron chi connectivity index (χ0n) is 11.8. The Bertz CT molecular complexity index is 362. The van der Waals surface area contributed by atoms with Gasteiger partial charge in [0, 0.05) is 19.7 Å². The van der Waals surface area contributed by atoms with Crippen molar-refractivity contribution in [2.24, 2.45) is 0 Å². The highest BCUT2D eigenvalue weighted by Gasteiger charge is 2.03. The average Bonchev–Trinajstić information content (AvgIpc) is 2.46. The van der Waals surface area contributed by atoms with Crippen molar-refractivity contribution in [3.8, 4) is 0 Å². The van der Waals surface area contributed by atoms with Crippen LogP contribution in [0.1, 0.15) is 35.7 Å². The summed E-state index contributed by atoms with van der Waals surface area (Å²) in [6, 6.07) is 7.41. The molecule has 0 amide bonds. The number of hydrogen-bond donors (Lipinski definition) is 1. The summed E-state index contributed by atoms with van der Waals surface area (Å²) in [4.78, 5) is 11.3. The van der Waals surface area contributed by atoms with E-state index in [0.717, 1.165) is 38.3 Å². The van der Waals surface area contributed by atoms with E-state index >= 15 is 0 Å². The molecule has 0 aliphatic carbocycles. The van der Waals surface area contributed by atoms with Crippen molar-refractivity contribution in [2.75, 3.05) is 26.9 Å². The van der Waals surface area contributed by atoms with Gasteiger partial charge in [-0.25, -0.2) is 4.79 Å². The van der Waals surface area contributed by atoms with Crippen LogP contribution in [0, 0.1) is 0 Å². The molecular formula is C15H23NO3. The normalized spacial score (nSPS) is 10.4. The molecule has 0 bridgehead atoms. The maximum absolute atomic E-state index is 11.3. The van der Waals surface area contributed by atoms with Gasteiger partial charge >= 0.3 is 5.97 Å². The molecule has 4 heteroatoms. The fourth-order valence-corrected chi connectivity index (χ4v) is 1.60. The van der Waals surface area contributed by atoms with Gasteiger partial charge in [0.25, 0.3) is 0 Å². The van der Waals surface area contributed by atoms with Crippen LogP contribution in [0.4, 0.5) is 0 Å². The van der Waals surface area contributed by atoms with Gasteiger partial charge in [0.15, 0.2) is 0 Å². The van der Waals surface area contributed by atoms with E-state index in [1.807, 2.05) is 12.1 Å². The zero-order valence-corrected chi connectivity index (χ0v) is 11.8. The van der Waals surface area contributed by atoms with Gasteiger partial charge in [0.05, 0.1) is 19.3 Å². The summed E-state index contributed by atoms with van der Waals surface area (Å²) in [5, 5.41) is 3.30. The van der Waals surface area contributed by atoms with Gasteiger partial charge in [0.1, 0.15) is 0 Å². The first-order valence-electron chi connectivity index (χ1n) is 6.73. The number of rotatable bonds is 9. The van der Waals surface area contributed by atoms with E-state index in [0.29, 0.717) is 5.56 Å². The van der Waals surface area contributed by atoms with Gasteiger partial charge < -0.3 is 14.8 Å². The van der Waals surface area contributed by atoms with E-state index in [9.17, 15) is 4.79 Å². The van der Waals surface area contributed by atoms with Crippen LogP contribution in [-0.4, -0.2) is 32.8 Å². The zero-order chi connectivity index (χ0) is 13.9. The third-order valence-corrected chi connectivity index (χ3v) is 2.77. The quantitative estimate of drug-likeness (QED) is 0.550. The summed E-state index contributed by atoms with van der Waals surface area (Å²) in [6.45, 7) is 5.34. The summed E-state index contributed by atoms with van der Waals surface area (Å²) in [5.41, 5.74) is 1.72. The Kier molecular flexibility index (Phi) is 7.86. The van der Waals surface area contributed by atoms with Crippen LogP contribution < -0.4 is 5.32 Å². The average molecular weight is 265 g/mol. The van der Waals surface area contributed by atoms with Crippen molar-refractivity contribution in [1.82, 2.24) is 5.32 Å². The molecule has 1 N–H and O–H groups in total. The third-order valence-electron chi connectivity index (χ3n) is 2.77. The molecule has 0 heterocycles. The maximum atomic E-state index is 11.3. The lowest BCUT2D eigenvalue weighted by Gasteiger charge is -2.06. The largest absolute Gasteiger partial charge is 0.465 e. The number of methoxy groups -OCH3 is 1. The Labute approximate surface area is 115 Å². The number of esters is 1. The van der Waals surface area contributed by atoms with Gasteiger partial charge in [-0.1, -0.05) is 25.5 Å². The monoisotopic (exact) mass is 265 g/mol. The molecule has 1 rings (SSSR count). The molecule has 0 spiro atoms. The van der Waals surface area contributed by atoms with E-state index in [2.05, 4.69) is 17.0 Å². The lowest BCUT2D eigenvalue weighted by atomic mass is 10.1. The Morgan fingerprint density at radius 3 is 2.58 bits per heavy atom. The smallest absolute Gasteiger partial charge is 0.337 e. The van der Waals surface area contributed by atoms with E-state index in [-0.39, 0.29) is 5.97 Å². The first-order valence-corrected chi connectivity index (χ1v) is 6.73. The number of hydrogen-bond acceptors (Lipinski definition) is 4. The van der Waals surface area contributed by atoms with Crippen molar-refractivity contribution in [2.45, 2.75) is 26.3 Å². The second kappa shape index (κ2) is 9.53. The topological polar surface area (TPSA) is 47.6 Å². The van der Waals surface area contributed by atoms with Crippen LogP contribution in [0.15, 0.2) is 24.3 Å². The first kappa shape index (κ1) is 15.7. The minimum atomic E-state index is -0.302. The predicted molar refractivity (Wildman–Crippen MR) is 75.2 cm³/mol. The van der Waals surface area contributed by atoms with Crippen molar-refractivity contribution < 1.29 is 14.3 Å². The Morgan fingerprint density at radius 1 is 1.21 bits per heavy atom. The second-order valence-corrected chi connectivity index (χ2v) is 4.33. The van der Waals surface area contributed by atoms with Gasteiger partial charge in [-0.3, -0.25) is 0 Å². The van der Waals surface area contributed by atoms with E-state index in [1.54, 1.807) is 12.1 Å². The van der Waals surface area contributed by atoms with Crippen LogP contribution in [-0.2, 0) is 16.0 Å². The van der Waals surface area contributed by atoms with Crippen LogP contribution in [0.2, 0.25) is 0 Å². The molecule has 0 aliphatic rings. The highest BCUT2D eigenvalue weighted by Crippen LogP contribution is 2.05. The Balaban J connectivity index is 2.18.